The molecule has 27 heavy (non-hydrogen) atoms. The number of likely N-dealkylation sites (tertiary alicyclic amines) is 1. The molecule has 2 fully saturated rings. The highest BCUT2D eigenvalue weighted by atomic mass is 16.2. The molecule has 4 aliphatic rings. The largest absolute Gasteiger partial charge is 0.319 e. The molecule has 1 saturated heterocycles. The molecule has 1 aromatic rings. The van der Waals surface area contributed by atoms with Crippen molar-refractivity contribution in [1.29, 1.82) is 0 Å². The molecule has 3 heteroatoms. The Morgan fingerprint density at radius 3 is 2.70 bits per heavy atom. The summed E-state index contributed by atoms with van der Waals surface area (Å²) in [5.41, 5.74) is 5.65. The highest BCUT2D eigenvalue weighted by Gasteiger charge is 2.59. The van der Waals surface area contributed by atoms with Gasteiger partial charge in [-0.05, 0) is 78.5 Å². The topological polar surface area (TPSA) is 33.2 Å². The van der Waals surface area contributed by atoms with Crippen LogP contribution in [-0.2, 0) is 4.79 Å². The summed E-state index contributed by atoms with van der Waals surface area (Å²) in [6.45, 7) is 6.97. The van der Waals surface area contributed by atoms with Crippen LogP contribution >= 0.6 is 0 Å². The van der Waals surface area contributed by atoms with Gasteiger partial charge in [0.15, 0.2) is 0 Å². The van der Waals surface area contributed by atoms with Crippen LogP contribution in [0.4, 0.5) is 0 Å². The van der Waals surface area contributed by atoms with E-state index < -0.39 is 0 Å². The van der Waals surface area contributed by atoms with Crippen LogP contribution in [0.3, 0.4) is 0 Å². The number of fused-ring (bicyclic) bond motifs is 5. The van der Waals surface area contributed by atoms with Gasteiger partial charge in [0.25, 0.3) is 0 Å². The van der Waals surface area contributed by atoms with Crippen molar-refractivity contribution >= 4 is 11.5 Å². The number of rotatable bonds is 1. The van der Waals surface area contributed by atoms with E-state index in [0.29, 0.717) is 30.1 Å². The summed E-state index contributed by atoms with van der Waals surface area (Å²) < 4.78 is 0. The van der Waals surface area contributed by atoms with Crippen LogP contribution in [0.5, 0.6) is 0 Å². The fourth-order valence-corrected chi connectivity index (χ4v) is 7.10. The van der Waals surface area contributed by atoms with E-state index in [1.165, 1.54) is 41.7 Å². The minimum atomic E-state index is 0.0454. The van der Waals surface area contributed by atoms with Crippen LogP contribution < -0.4 is 0 Å². The molecule has 5 rings (SSSR count). The smallest absolute Gasteiger partial charge is 0.227 e. The van der Waals surface area contributed by atoms with E-state index in [0.717, 1.165) is 6.42 Å². The molecule has 0 bridgehead atoms. The summed E-state index contributed by atoms with van der Waals surface area (Å²) in [6.07, 6.45) is 14.3. The Kier molecular flexibility index (Phi) is 3.54. The molecule has 3 unspecified atom stereocenters. The van der Waals surface area contributed by atoms with Gasteiger partial charge in [-0.1, -0.05) is 26.0 Å². The van der Waals surface area contributed by atoms with Crippen LogP contribution in [0, 0.1) is 35.5 Å². The summed E-state index contributed by atoms with van der Waals surface area (Å²) >= 11 is 0. The fourth-order valence-electron chi connectivity index (χ4n) is 7.10. The van der Waals surface area contributed by atoms with Gasteiger partial charge in [-0.15, -0.1) is 0 Å². The predicted octanol–water partition coefficient (Wildman–Crippen LogP) is 4.98. The second-order valence-electron chi connectivity index (χ2n) is 9.81. The molecule has 1 aliphatic heterocycles. The first kappa shape index (κ1) is 17.2. The van der Waals surface area contributed by atoms with Crippen molar-refractivity contribution in [3.63, 3.8) is 0 Å². The number of nitrogens with zero attached hydrogens (tertiary/aromatic N) is 2. The van der Waals surface area contributed by atoms with Crippen molar-refractivity contribution < 1.29 is 4.79 Å². The first-order chi connectivity index (χ1) is 12.8. The lowest BCUT2D eigenvalue weighted by atomic mass is 9.50. The van der Waals surface area contributed by atoms with Gasteiger partial charge in [-0.25, -0.2) is 0 Å². The molecule has 1 amide bonds. The number of allylic oxidation sites excluding steroid dienone is 4. The minimum absolute atomic E-state index is 0.0454. The van der Waals surface area contributed by atoms with Crippen LogP contribution in [0.15, 0.2) is 36.3 Å². The number of carbonyl (C=O) groups excluding carboxylic acids is 1. The summed E-state index contributed by atoms with van der Waals surface area (Å²) in [5, 5.41) is 0. The number of hydrogen-bond acceptors (Lipinski definition) is 2. The van der Waals surface area contributed by atoms with E-state index in [9.17, 15) is 4.79 Å². The third-order valence-electron chi connectivity index (χ3n) is 8.44. The fraction of sp³-hybridized carbons (Fsp3) is 0.583. The highest BCUT2D eigenvalue weighted by Crippen LogP contribution is 2.66. The Morgan fingerprint density at radius 2 is 1.93 bits per heavy atom. The van der Waals surface area contributed by atoms with Gasteiger partial charge in [0.1, 0.15) is 0 Å². The highest BCUT2D eigenvalue weighted by molar-refractivity contribution is 5.83. The van der Waals surface area contributed by atoms with E-state index in [2.05, 4.69) is 44.0 Å². The number of pyridine rings is 1. The molecule has 1 saturated carbocycles. The van der Waals surface area contributed by atoms with E-state index in [-0.39, 0.29) is 10.8 Å². The SMILES string of the molecule is Cc1cncc(C2=CCC3C4CC=C5N(C)C(=O)C[C@]5(C)C4CC[C@]23C)c1. The lowest BCUT2D eigenvalue weighted by Gasteiger charge is -2.54. The third-order valence-corrected chi connectivity index (χ3v) is 8.44. The van der Waals surface area contributed by atoms with Gasteiger partial charge < -0.3 is 4.90 Å². The van der Waals surface area contributed by atoms with Crippen LogP contribution in [0.1, 0.15) is 57.1 Å². The van der Waals surface area contributed by atoms with E-state index in [1.54, 1.807) is 0 Å². The average Bonchev–Trinajstić information content (AvgIpc) is 3.09. The molecule has 5 atom stereocenters. The number of hydrogen-bond donors (Lipinski definition) is 0. The number of carbonyl (C=O) groups is 1. The number of aromatic nitrogens is 1. The average molecular weight is 363 g/mol. The second-order valence-corrected chi connectivity index (χ2v) is 9.81. The predicted molar refractivity (Wildman–Crippen MR) is 108 cm³/mol. The first-order valence-electron chi connectivity index (χ1n) is 10.4. The van der Waals surface area contributed by atoms with Crippen LogP contribution in [-0.4, -0.2) is 22.8 Å². The maximum absolute atomic E-state index is 12.4. The molecular weight excluding hydrogens is 332 g/mol. The molecule has 0 aromatic carbocycles. The Bertz CT molecular complexity index is 884. The quantitative estimate of drug-likeness (QED) is 0.706. The lowest BCUT2D eigenvalue weighted by Crippen LogP contribution is -2.47. The van der Waals surface area contributed by atoms with Gasteiger partial charge in [0, 0.05) is 37.0 Å². The molecule has 3 aliphatic carbocycles. The Labute approximate surface area is 162 Å². The zero-order valence-corrected chi connectivity index (χ0v) is 17.0. The van der Waals surface area contributed by atoms with Gasteiger partial charge in [0.2, 0.25) is 5.91 Å². The van der Waals surface area contributed by atoms with Crippen LogP contribution in [0.25, 0.3) is 5.57 Å². The summed E-state index contributed by atoms with van der Waals surface area (Å²) in [5.74, 6) is 2.30. The lowest BCUT2D eigenvalue weighted by molar-refractivity contribution is -0.126. The molecule has 2 heterocycles. The summed E-state index contributed by atoms with van der Waals surface area (Å²) in [4.78, 5) is 18.8. The Hall–Kier alpha value is -1.90. The van der Waals surface area contributed by atoms with Crippen molar-refractivity contribution in [1.82, 2.24) is 9.88 Å². The first-order valence-corrected chi connectivity index (χ1v) is 10.4. The normalized spacial score (nSPS) is 40.2. The van der Waals surface area contributed by atoms with Gasteiger partial charge in [-0.3, -0.25) is 9.78 Å². The van der Waals surface area contributed by atoms with Gasteiger partial charge in [-0.2, -0.15) is 0 Å². The van der Waals surface area contributed by atoms with Crippen molar-refractivity contribution in [2.45, 2.75) is 52.9 Å². The minimum Gasteiger partial charge on any atom is -0.319 e. The standard InChI is InChI=1S/C24H30N2O/c1-15-11-16(14-25-13-15)18-6-7-19-17-5-8-21-24(3,12-22(27)26(21)4)20(17)9-10-23(18,19)2/h6,8,11,13-14,17,19-20H,5,7,9-10,12H2,1-4H3/t17?,19?,20?,23-,24-/m1/s1. The summed E-state index contributed by atoms with van der Waals surface area (Å²) in [7, 11) is 1.96. The van der Waals surface area contributed by atoms with E-state index in [1.807, 2.05) is 24.3 Å². The Balaban J connectivity index is 1.50. The van der Waals surface area contributed by atoms with Crippen molar-refractivity contribution in [2.24, 2.45) is 28.6 Å². The molecule has 3 nitrogen and oxygen atoms in total. The molecule has 0 spiro atoms. The maximum atomic E-state index is 12.4. The maximum Gasteiger partial charge on any atom is 0.227 e. The van der Waals surface area contributed by atoms with Gasteiger partial charge in [0.05, 0.1) is 0 Å². The van der Waals surface area contributed by atoms with Crippen LogP contribution in [0.2, 0.25) is 0 Å². The third kappa shape index (κ3) is 2.20. The Morgan fingerprint density at radius 1 is 1.11 bits per heavy atom. The molecule has 142 valence electrons. The van der Waals surface area contributed by atoms with E-state index in [4.69, 9.17) is 0 Å². The molecular formula is C24H30N2O. The van der Waals surface area contributed by atoms with Crippen molar-refractivity contribution in [3.05, 3.63) is 47.4 Å². The summed E-state index contributed by atoms with van der Waals surface area (Å²) in [6, 6.07) is 2.29. The zero-order valence-electron chi connectivity index (χ0n) is 17.0. The monoisotopic (exact) mass is 362 g/mol. The number of amides is 1. The van der Waals surface area contributed by atoms with Gasteiger partial charge >= 0.3 is 0 Å². The molecule has 0 N–H and O–H groups in total. The molecule has 0 radical (unpaired) electrons. The van der Waals surface area contributed by atoms with E-state index >= 15 is 0 Å². The van der Waals surface area contributed by atoms with Crippen molar-refractivity contribution in [3.8, 4) is 0 Å². The van der Waals surface area contributed by atoms with Crippen molar-refractivity contribution in [2.75, 3.05) is 7.05 Å². The second kappa shape index (κ2) is 5.56. The molecule has 1 aromatic heterocycles. The zero-order chi connectivity index (χ0) is 19.0. The number of aryl methyl sites for hydroxylation is 1.